The van der Waals surface area contributed by atoms with E-state index in [1.165, 1.54) is 10.4 Å². The summed E-state index contributed by atoms with van der Waals surface area (Å²) in [7, 11) is 0. The third-order valence-corrected chi connectivity index (χ3v) is 4.45. The predicted molar refractivity (Wildman–Crippen MR) is 78.1 cm³/mol. The Morgan fingerprint density at radius 3 is 2.44 bits per heavy atom. The normalized spacial score (nSPS) is 10.8. The molecule has 0 aliphatic carbocycles. The van der Waals surface area contributed by atoms with Crippen LogP contribution >= 0.6 is 22.7 Å². The second-order valence-electron chi connectivity index (χ2n) is 4.04. The molecule has 0 atom stereocenters. The van der Waals surface area contributed by atoms with Gasteiger partial charge in [-0.05, 0) is 13.8 Å². The van der Waals surface area contributed by atoms with Crippen molar-refractivity contribution in [2.45, 2.75) is 13.8 Å². The first kappa shape index (κ1) is 11.6. The zero-order valence-corrected chi connectivity index (χ0v) is 11.8. The van der Waals surface area contributed by atoms with Gasteiger partial charge in [0.25, 0.3) is 0 Å². The van der Waals surface area contributed by atoms with Crippen LogP contribution in [0.4, 0.5) is 0 Å². The second-order valence-corrected chi connectivity index (χ2v) is 6.31. The third-order valence-electron chi connectivity index (χ3n) is 2.67. The molecule has 0 aliphatic heterocycles. The lowest BCUT2D eigenvalue weighted by molar-refractivity contribution is 1.25. The van der Waals surface area contributed by atoms with Crippen LogP contribution in [0.3, 0.4) is 0 Å². The Kier molecular flexibility index (Phi) is 2.97. The second kappa shape index (κ2) is 4.63. The molecule has 4 heteroatoms. The number of aryl methyl sites for hydroxylation is 2. The molecule has 0 fully saturated rings. The molecule has 0 spiro atoms. The zero-order valence-electron chi connectivity index (χ0n) is 10.2. The predicted octanol–water partition coefficient (Wildman–Crippen LogP) is 4.55. The number of benzene rings is 1. The van der Waals surface area contributed by atoms with Crippen molar-refractivity contribution >= 4 is 22.7 Å². The van der Waals surface area contributed by atoms with Crippen LogP contribution in [-0.2, 0) is 0 Å². The molecule has 1 aromatic carbocycles. The van der Waals surface area contributed by atoms with E-state index in [9.17, 15) is 0 Å². The first-order valence-electron chi connectivity index (χ1n) is 5.69. The van der Waals surface area contributed by atoms with Gasteiger partial charge in [0.2, 0.25) is 0 Å². The van der Waals surface area contributed by atoms with Crippen LogP contribution in [0.25, 0.3) is 22.0 Å². The maximum atomic E-state index is 4.69. The largest absolute Gasteiger partial charge is 0.240 e. The monoisotopic (exact) mass is 272 g/mol. The SMILES string of the molecule is Cc1nc(-c2csc(-c3ccccc3)n2)c(C)s1. The Morgan fingerprint density at radius 2 is 1.78 bits per heavy atom. The van der Waals surface area contributed by atoms with Crippen molar-refractivity contribution in [1.29, 1.82) is 0 Å². The maximum Gasteiger partial charge on any atom is 0.124 e. The molecule has 2 heterocycles. The van der Waals surface area contributed by atoms with Crippen molar-refractivity contribution in [2.24, 2.45) is 0 Å². The van der Waals surface area contributed by atoms with Crippen LogP contribution in [0.2, 0.25) is 0 Å². The Balaban J connectivity index is 2.02. The Hall–Kier alpha value is -1.52. The van der Waals surface area contributed by atoms with Gasteiger partial charge in [-0.25, -0.2) is 9.97 Å². The molecular formula is C14H12N2S2. The molecule has 2 aromatic heterocycles. The van der Waals surface area contributed by atoms with Crippen LogP contribution in [0.5, 0.6) is 0 Å². The highest BCUT2D eigenvalue weighted by atomic mass is 32.1. The summed E-state index contributed by atoms with van der Waals surface area (Å²) >= 11 is 3.39. The number of hydrogen-bond donors (Lipinski definition) is 0. The van der Waals surface area contributed by atoms with Crippen LogP contribution < -0.4 is 0 Å². The number of thiazole rings is 2. The summed E-state index contributed by atoms with van der Waals surface area (Å²) in [6.45, 7) is 4.13. The van der Waals surface area contributed by atoms with E-state index < -0.39 is 0 Å². The molecule has 3 aromatic rings. The lowest BCUT2D eigenvalue weighted by Crippen LogP contribution is -1.82. The van der Waals surface area contributed by atoms with Crippen LogP contribution in [0.1, 0.15) is 9.88 Å². The van der Waals surface area contributed by atoms with Crippen molar-refractivity contribution in [2.75, 3.05) is 0 Å². The molecule has 2 nitrogen and oxygen atoms in total. The molecule has 0 unspecified atom stereocenters. The van der Waals surface area contributed by atoms with Gasteiger partial charge in [0.05, 0.1) is 5.01 Å². The summed E-state index contributed by atoms with van der Waals surface area (Å²) in [4.78, 5) is 10.5. The minimum absolute atomic E-state index is 0.987. The van der Waals surface area contributed by atoms with Gasteiger partial charge in [-0.15, -0.1) is 22.7 Å². The fourth-order valence-corrected chi connectivity index (χ4v) is 3.50. The van der Waals surface area contributed by atoms with Crippen molar-refractivity contribution in [3.8, 4) is 22.0 Å². The highest BCUT2D eigenvalue weighted by Gasteiger charge is 2.12. The topological polar surface area (TPSA) is 25.8 Å². The Labute approximate surface area is 114 Å². The van der Waals surface area contributed by atoms with E-state index >= 15 is 0 Å². The van der Waals surface area contributed by atoms with E-state index in [-0.39, 0.29) is 0 Å². The molecule has 0 N–H and O–H groups in total. The van der Waals surface area contributed by atoms with Gasteiger partial charge < -0.3 is 0 Å². The van der Waals surface area contributed by atoms with Crippen LogP contribution in [0, 0.1) is 13.8 Å². The average Bonchev–Trinajstić information content (AvgIpc) is 2.97. The molecule has 0 radical (unpaired) electrons. The van der Waals surface area contributed by atoms with E-state index in [2.05, 4.69) is 34.4 Å². The van der Waals surface area contributed by atoms with Crippen LogP contribution in [-0.4, -0.2) is 9.97 Å². The highest BCUT2D eigenvalue weighted by molar-refractivity contribution is 7.13. The number of aromatic nitrogens is 2. The summed E-state index contributed by atoms with van der Waals surface area (Å²) in [5.41, 5.74) is 3.18. The number of hydrogen-bond acceptors (Lipinski definition) is 4. The van der Waals surface area contributed by atoms with E-state index in [0.29, 0.717) is 0 Å². The van der Waals surface area contributed by atoms with E-state index in [0.717, 1.165) is 21.4 Å². The van der Waals surface area contributed by atoms with Crippen LogP contribution in [0.15, 0.2) is 35.7 Å². The highest BCUT2D eigenvalue weighted by Crippen LogP contribution is 2.31. The summed E-state index contributed by atoms with van der Waals surface area (Å²) in [5, 5.41) is 4.23. The van der Waals surface area contributed by atoms with Gasteiger partial charge in [-0.3, -0.25) is 0 Å². The first-order valence-corrected chi connectivity index (χ1v) is 7.39. The number of rotatable bonds is 2. The van der Waals surface area contributed by atoms with Crippen molar-refractivity contribution in [1.82, 2.24) is 9.97 Å². The zero-order chi connectivity index (χ0) is 12.5. The Bertz CT molecular complexity index is 668. The van der Waals surface area contributed by atoms with Gasteiger partial charge in [0.15, 0.2) is 0 Å². The number of nitrogens with zero attached hydrogens (tertiary/aromatic N) is 2. The summed E-state index contributed by atoms with van der Waals surface area (Å²) in [6.07, 6.45) is 0. The van der Waals surface area contributed by atoms with Crippen molar-refractivity contribution < 1.29 is 0 Å². The summed E-state index contributed by atoms with van der Waals surface area (Å²) in [5.74, 6) is 0. The van der Waals surface area contributed by atoms with Crippen molar-refractivity contribution in [3.63, 3.8) is 0 Å². The molecular weight excluding hydrogens is 260 g/mol. The first-order chi connectivity index (χ1) is 8.74. The molecule has 18 heavy (non-hydrogen) atoms. The lowest BCUT2D eigenvalue weighted by Gasteiger charge is -1.94. The smallest absolute Gasteiger partial charge is 0.124 e. The van der Waals surface area contributed by atoms with E-state index in [1.54, 1.807) is 22.7 Å². The molecule has 90 valence electrons. The van der Waals surface area contributed by atoms with E-state index in [1.807, 2.05) is 25.1 Å². The molecule has 0 amide bonds. The maximum absolute atomic E-state index is 4.69. The molecule has 0 saturated carbocycles. The molecule has 3 rings (SSSR count). The lowest BCUT2D eigenvalue weighted by atomic mass is 10.2. The van der Waals surface area contributed by atoms with Gasteiger partial charge in [0, 0.05) is 15.8 Å². The quantitative estimate of drug-likeness (QED) is 0.684. The van der Waals surface area contributed by atoms with Crippen molar-refractivity contribution in [3.05, 3.63) is 45.6 Å². The molecule has 0 bridgehead atoms. The third kappa shape index (κ3) is 2.09. The van der Waals surface area contributed by atoms with Gasteiger partial charge in [-0.1, -0.05) is 30.3 Å². The summed E-state index contributed by atoms with van der Waals surface area (Å²) in [6, 6.07) is 10.3. The fourth-order valence-electron chi connectivity index (χ4n) is 1.86. The standard InChI is InChI=1S/C14H12N2S2/c1-9-13(15-10(2)18-9)12-8-17-14(16-12)11-6-4-3-5-7-11/h3-8H,1-2H3. The van der Waals surface area contributed by atoms with Gasteiger partial charge >= 0.3 is 0 Å². The minimum Gasteiger partial charge on any atom is -0.240 e. The fraction of sp³-hybridized carbons (Fsp3) is 0.143. The average molecular weight is 272 g/mol. The van der Waals surface area contributed by atoms with Gasteiger partial charge in [-0.2, -0.15) is 0 Å². The minimum atomic E-state index is 0.987. The summed E-state index contributed by atoms with van der Waals surface area (Å²) < 4.78 is 0. The molecule has 0 aliphatic rings. The molecule has 0 saturated heterocycles. The Morgan fingerprint density at radius 1 is 1.00 bits per heavy atom. The van der Waals surface area contributed by atoms with Gasteiger partial charge in [0.1, 0.15) is 16.4 Å². The van der Waals surface area contributed by atoms with E-state index in [4.69, 9.17) is 0 Å².